The van der Waals surface area contributed by atoms with Crippen LogP contribution in [0.15, 0.2) is 0 Å². The van der Waals surface area contributed by atoms with E-state index in [0.717, 1.165) is 34.7 Å². The fourth-order valence-corrected chi connectivity index (χ4v) is 2.41. The van der Waals surface area contributed by atoms with Gasteiger partial charge in [0, 0.05) is 12.2 Å². The number of alkyl halides is 1. The third-order valence-corrected chi connectivity index (χ3v) is 3.38. The molecular weight excluding hydrogens is 283 g/mol. The Hall–Kier alpha value is -1.00. The van der Waals surface area contributed by atoms with Crippen LogP contribution in [-0.4, -0.2) is 14.5 Å². The van der Waals surface area contributed by atoms with Gasteiger partial charge in [0.2, 0.25) is 0 Å². The lowest BCUT2D eigenvalue weighted by atomic mass is 10.1. The SMILES string of the molecule is Cc1nc(N)c2nc(CCl)n(CC(C)C)c2c1C.Cl. The number of halogens is 2. The zero-order chi connectivity index (χ0) is 13.4. The average molecular weight is 303 g/mol. The molecule has 2 rings (SSSR count). The highest BCUT2D eigenvalue weighted by molar-refractivity contribution is 6.17. The number of nitrogens with zero attached hydrogens (tertiary/aromatic N) is 3. The number of nitrogens with two attached hydrogens (primary N) is 1. The molecule has 0 aliphatic rings. The second-order valence-electron chi connectivity index (χ2n) is 5.07. The van der Waals surface area contributed by atoms with Gasteiger partial charge in [-0.1, -0.05) is 13.8 Å². The second kappa shape index (κ2) is 5.97. The molecule has 0 aliphatic heterocycles. The highest BCUT2D eigenvalue weighted by Crippen LogP contribution is 2.27. The largest absolute Gasteiger partial charge is 0.382 e. The summed E-state index contributed by atoms with van der Waals surface area (Å²) in [5, 5.41) is 0. The first-order valence-corrected chi connectivity index (χ1v) is 6.66. The lowest BCUT2D eigenvalue weighted by molar-refractivity contribution is 0.522. The Morgan fingerprint density at radius 2 is 1.89 bits per heavy atom. The first-order chi connectivity index (χ1) is 8.45. The molecule has 19 heavy (non-hydrogen) atoms. The van der Waals surface area contributed by atoms with E-state index >= 15 is 0 Å². The van der Waals surface area contributed by atoms with E-state index in [1.165, 1.54) is 0 Å². The van der Waals surface area contributed by atoms with Gasteiger partial charge in [0.15, 0.2) is 5.82 Å². The van der Waals surface area contributed by atoms with E-state index in [0.29, 0.717) is 17.6 Å². The standard InChI is InChI=1S/C13H19ClN4.ClH/c1-7(2)6-18-10(5-14)17-11-12(18)8(3)9(4)16-13(11)15;/h7H,5-6H2,1-4H3,(H2,15,16);1H. The minimum Gasteiger partial charge on any atom is -0.382 e. The summed E-state index contributed by atoms with van der Waals surface area (Å²) in [5.74, 6) is 2.27. The van der Waals surface area contributed by atoms with E-state index in [-0.39, 0.29) is 12.4 Å². The molecule has 6 heteroatoms. The highest BCUT2D eigenvalue weighted by Gasteiger charge is 2.17. The molecule has 4 nitrogen and oxygen atoms in total. The quantitative estimate of drug-likeness (QED) is 0.884. The van der Waals surface area contributed by atoms with Gasteiger partial charge >= 0.3 is 0 Å². The number of rotatable bonds is 3. The van der Waals surface area contributed by atoms with Crippen molar-refractivity contribution in [2.75, 3.05) is 5.73 Å². The third-order valence-electron chi connectivity index (χ3n) is 3.14. The number of pyridine rings is 1. The molecular formula is C13H20Cl2N4. The van der Waals surface area contributed by atoms with Gasteiger partial charge < -0.3 is 10.3 Å². The van der Waals surface area contributed by atoms with Crippen molar-refractivity contribution in [3.05, 3.63) is 17.1 Å². The Balaban J connectivity index is 0.00000180. The van der Waals surface area contributed by atoms with Gasteiger partial charge in [-0.15, -0.1) is 24.0 Å². The third kappa shape index (κ3) is 2.79. The van der Waals surface area contributed by atoms with E-state index in [1.54, 1.807) is 0 Å². The number of hydrogen-bond acceptors (Lipinski definition) is 3. The minimum atomic E-state index is 0. The maximum atomic E-state index is 5.99. The minimum absolute atomic E-state index is 0. The molecule has 2 N–H and O–H groups in total. The molecule has 2 aromatic rings. The lowest BCUT2D eigenvalue weighted by Gasteiger charge is -2.12. The Morgan fingerprint density at radius 1 is 1.26 bits per heavy atom. The molecule has 0 aliphatic carbocycles. The maximum absolute atomic E-state index is 5.99. The second-order valence-corrected chi connectivity index (χ2v) is 5.34. The summed E-state index contributed by atoms with van der Waals surface area (Å²) in [4.78, 5) is 8.86. The Kier molecular flexibility index (Phi) is 5.04. The van der Waals surface area contributed by atoms with Crippen LogP contribution in [0.2, 0.25) is 0 Å². The molecule has 0 spiro atoms. The molecule has 0 saturated heterocycles. The van der Waals surface area contributed by atoms with Gasteiger partial charge in [0.05, 0.1) is 11.4 Å². The van der Waals surface area contributed by atoms with E-state index in [9.17, 15) is 0 Å². The first kappa shape index (κ1) is 16.1. The van der Waals surface area contributed by atoms with Crippen molar-refractivity contribution in [1.82, 2.24) is 14.5 Å². The Labute approximate surface area is 124 Å². The van der Waals surface area contributed by atoms with Crippen molar-refractivity contribution >= 4 is 40.9 Å². The highest BCUT2D eigenvalue weighted by atomic mass is 35.5. The van der Waals surface area contributed by atoms with Crippen LogP contribution in [0.25, 0.3) is 11.0 Å². The number of aromatic nitrogens is 3. The van der Waals surface area contributed by atoms with Crippen LogP contribution in [0.4, 0.5) is 5.82 Å². The van der Waals surface area contributed by atoms with Crippen LogP contribution in [0.3, 0.4) is 0 Å². The molecule has 0 bridgehead atoms. The molecule has 106 valence electrons. The molecule has 0 fully saturated rings. The summed E-state index contributed by atoms with van der Waals surface area (Å²) in [6.45, 7) is 9.27. The summed E-state index contributed by atoms with van der Waals surface area (Å²) in [6.07, 6.45) is 0. The van der Waals surface area contributed by atoms with E-state index in [2.05, 4.69) is 35.3 Å². The monoisotopic (exact) mass is 302 g/mol. The molecule has 0 aromatic carbocycles. The number of nitrogen functional groups attached to an aromatic ring is 1. The number of hydrogen-bond donors (Lipinski definition) is 1. The molecule has 0 atom stereocenters. The smallest absolute Gasteiger partial charge is 0.151 e. The van der Waals surface area contributed by atoms with Crippen LogP contribution in [0, 0.1) is 19.8 Å². The van der Waals surface area contributed by atoms with Crippen molar-refractivity contribution in [2.45, 2.75) is 40.1 Å². The molecule has 0 radical (unpaired) electrons. The Bertz CT molecular complexity index is 590. The van der Waals surface area contributed by atoms with Crippen molar-refractivity contribution in [3.63, 3.8) is 0 Å². The fourth-order valence-electron chi connectivity index (χ4n) is 2.21. The van der Waals surface area contributed by atoms with Gasteiger partial charge in [-0.3, -0.25) is 0 Å². The van der Waals surface area contributed by atoms with E-state index < -0.39 is 0 Å². The van der Waals surface area contributed by atoms with E-state index in [1.807, 2.05) is 6.92 Å². The predicted octanol–water partition coefficient (Wildman–Crippen LogP) is 3.45. The summed E-state index contributed by atoms with van der Waals surface area (Å²) in [6, 6.07) is 0. The van der Waals surface area contributed by atoms with Crippen LogP contribution < -0.4 is 5.73 Å². The van der Waals surface area contributed by atoms with Gasteiger partial charge in [0.25, 0.3) is 0 Å². The zero-order valence-corrected chi connectivity index (χ0v) is 13.3. The number of fused-ring (bicyclic) bond motifs is 1. The van der Waals surface area contributed by atoms with Crippen molar-refractivity contribution < 1.29 is 0 Å². The van der Waals surface area contributed by atoms with Crippen molar-refractivity contribution in [2.24, 2.45) is 5.92 Å². The van der Waals surface area contributed by atoms with E-state index in [4.69, 9.17) is 17.3 Å². The van der Waals surface area contributed by atoms with Crippen LogP contribution in [-0.2, 0) is 12.4 Å². The van der Waals surface area contributed by atoms with Crippen molar-refractivity contribution in [3.8, 4) is 0 Å². The summed E-state index contributed by atoms with van der Waals surface area (Å²) >= 11 is 5.99. The lowest BCUT2D eigenvalue weighted by Crippen LogP contribution is -2.09. The first-order valence-electron chi connectivity index (χ1n) is 6.13. The van der Waals surface area contributed by atoms with Gasteiger partial charge in [0.1, 0.15) is 11.3 Å². The predicted molar refractivity (Wildman–Crippen MR) is 83.1 cm³/mol. The summed E-state index contributed by atoms with van der Waals surface area (Å²) in [5.41, 5.74) is 9.89. The normalized spacial score (nSPS) is 11.1. The molecule has 0 amide bonds. The Morgan fingerprint density at radius 3 is 2.42 bits per heavy atom. The summed E-state index contributed by atoms with van der Waals surface area (Å²) in [7, 11) is 0. The molecule has 0 saturated carbocycles. The zero-order valence-electron chi connectivity index (χ0n) is 11.7. The van der Waals surface area contributed by atoms with Gasteiger partial charge in [-0.05, 0) is 25.3 Å². The molecule has 2 aromatic heterocycles. The van der Waals surface area contributed by atoms with Gasteiger partial charge in [-0.2, -0.15) is 0 Å². The van der Waals surface area contributed by atoms with Gasteiger partial charge in [-0.25, -0.2) is 9.97 Å². The van der Waals surface area contributed by atoms with Crippen LogP contribution >= 0.6 is 24.0 Å². The van der Waals surface area contributed by atoms with Crippen LogP contribution in [0.5, 0.6) is 0 Å². The molecule has 0 unspecified atom stereocenters. The molecule has 2 heterocycles. The number of imidazole rings is 1. The maximum Gasteiger partial charge on any atom is 0.151 e. The topological polar surface area (TPSA) is 56.7 Å². The van der Waals surface area contributed by atoms with Crippen LogP contribution in [0.1, 0.15) is 30.9 Å². The number of aryl methyl sites for hydroxylation is 2. The van der Waals surface area contributed by atoms with Crippen molar-refractivity contribution in [1.29, 1.82) is 0 Å². The summed E-state index contributed by atoms with van der Waals surface area (Å²) < 4.78 is 2.17. The number of anilines is 1. The fraction of sp³-hybridized carbons (Fsp3) is 0.538. The average Bonchev–Trinajstić information content (AvgIpc) is 2.65.